The van der Waals surface area contributed by atoms with E-state index in [-0.39, 0.29) is 4.90 Å². The number of aromatic hydroxyl groups is 1. The quantitative estimate of drug-likeness (QED) is 0.685. The van der Waals surface area contributed by atoms with Crippen LogP contribution in [0.2, 0.25) is 0 Å². The third-order valence-electron chi connectivity index (χ3n) is 0.982. The molecule has 0 aliphatic rings. The van der Waals surface area contributed by atoms with Gasteiger partial charge >= 0.3 is 0 Å². The van der Waals surface area contributed by atoms with Gasteiger partial charge < -0.3 is 9.66 Å². The molecule has 1 unspecified atom stereocenters. The Balaban J connectivity index is 3.05. The molecule has 3 nitrogen and oxygen atoms in total. The van der Waals surface area contributed by atoms with Crippen LogP contribution in [0.3, 0.4) is 0 Å². The molecule has 0 aliphatic heterocycles. The molecular weight excluding hydrogens is 193 g/mol. The van der Waals surface area contributed by atoms with Gasteiger partial charge in [-0.1, -0.05) is 0 Å². The lowest BCUT2D eigenvalue weighted by atomic mass is 10.5. The van der Waals surface area contributed by atoms with E-state index < -0.39 is 22.1 Å². The van der Waals surface area contributed by atoms with Crippen LogP contribution >= 0.6 is 10.7 Å². The summed E-state index contributed by atoms with van der Waals surface area (Å²) >= 11 is 0. The van der Waals surface area contributed by atoms with Crippen molar-refractivity contribution in [3.63, 3.8) is 0 Å². The van der Waals surface area contributed by atoms with Gasteiger partial charge in [-0.3, -0.25) is 0 Å². The van der Waals surface area contributed by atoms with Crippen molar-refractivity contribution < 1.29 is 14.0 Å². The average Bonchev–Trinajstić information content (AvgIpc) is 1.94. The van der Waals surface area contributed by atoms with Gasteiger partial charge in [-0.25, -0.2) is 9.37 Å². The van der Waals surface area contributed by atoms with Gasteiger partial charge in [-0.15, -0.1) is 0 Å². The van der Waals surface area contributed by atoms with Gasteiger partial charge in [0.1, 0.15) is 10.4 Å². The van der Waals surface area contributed by atoms with Gasteiger partial charge in [0.15, 0.2) is 21.4 Å². The minimum atomic E-state index is -1.79. The molecule has 1 rings (SSSR count). The zero-order chi connectivity index (χ0) is 8.43. The monoisotopic (exact) mass is 195 g/mol. The van der Waals surface area contributed by atoms with E-state index in [1.165, 1.54) is 0 Å². The smallest absolute Gasteiger partial charge is 0.248 e. The summed E-state index contributed by atoms with van der Waals surface area (Å²) in [6.07, 6.45) is 1.04. The summed E-state index contributed by atoms with van der Waals surface area (Å²) < 4.78 is 22.9. The number of rotatable bonds is 1. The summed E-state index contributed by atoms with van der Waals surface area (Å²) in [6.45, 7) is 0. The Morgan fingerprint density at radius 3 is 2.82 bits per heavy atom. The predicted octanol–water partition coefficient (Wildman–Crippen LogP) is 1.19. The molecule has 0 spiro atoms. The summed E-state index contributed by atoms with van der Waals surface area (Å²) in [5, 5.41) is 8.60. The first-order valence-electron chi connectivity index (χ1n) is 2.54. The van der Waals surface area contributed by atoms with Crippen molar-refractivity contribution in [1.29, 1.82) is 0 Å². The summed E-state index contributed by atoms with van der Waals surface area (Å²) in [5.41, 5.74) is 0. The molecule has 1 aromatic rings. The average molecular weight is 196 g/mol. The third kappa shape index (κ3) is 1.95. The van der Waals surface area contributed by atoms with E-state index >= 15 is 0 Å². The van der Waals surface area contributed by atoms with Crippen LogP contribution in [0.25, 0.3) is 0 Å². The number of aromatic nitrogens is 1. The highest BCUT2D eigenvalue weighted by atomic mass is 35.7. The third-order valence-corrected chi connectivity index (χ3v) is 2.11. The molecule has 0 bridgehead atoms. The Hall–Kier alpha value is -0.520. The molecule has 0 aromatic carbocycles. The van der Waals surface area contributed by atoms with Crippen molar-refractivity contribution in [2.75, 3.05) is 0 Å². The molecule has 11 heavy (non-hydrogen) atoms. The second kappa shape index (κ2) is 3.25. The van der Waals surface area contributed by atoms with E-state index in [2.05, 4.69) is 4.98 Å². The van der Waals surface area contributed by atoms with Crippen LogP contribution in [-0.2, 0) is 10.4 Å². The van der Waals surface area contributed by atoms with Crippen molar-refractivity contribution in [1.82, 2.24) is 4.98 Å². The molecule has 60 valence electrons. The molecule has 0 saturated heterocycles. The van der Waals surface area contributed by atoms with Crippen LogP contribution < -0.4 is 0 Å². The van der Waals surface area contributed by atoms with Gasteiger partial charge in [-0.05, 0) is 0 Å². The van der Waals surface area contributed by atoms with Crippen LogP contribution in [0.15, 0.2) is 17.2 Å². The van der Waals surface area contributed by atoms with E-state index in [1.807, 2.05) is 0 Å². The van der Waals surface area contributed by atoms with Crippen molar-refractivity contribution in [3.05, 3.63) is 18.1 Å². The molecule has 1 aromatic heterocycles. The lowest BCUT2D eigenvalue weighted by molar-refractivity contribution is 0.409. The molecule has 1 atom stereocenters. The Morgan fingerprint density at radius 2 is 2.36 bits per heavy atom. The maximum atomic E-state index is 12.4. The van der Waals surface area contributed by atoms with Crippen molar-refractivity contribution in [2.45, 2.75) is 4.90 Å². The zero-order valence-electron chi connectivity index (χ0n) is 5.12. The van der Waals surface area contributed by atoms with Crippen LogP contribution in [0.1, 0.15) is 0 Å². The summed E-state index contributed by atoms with van der Waals surface area (Å²) in [5.74, 6) is -1.66. The summed E-state index contributed by atoms with van der Waals surface area (Å²) in [7, 11) is 3.32. The fourth-order valence-corrected chi connectivity index (χ4v) is 1.09. The first kappa shape index (κ1) is 8.58. The number of pyridine rings is 1. The van der Waals surface area contributed by atoms with Crippen LogP contribution in [0.4, 0.5) is 4.39 Å². The number of hydrogen-bond acceptors (Lipinski definition) is 3. The summed E-state index contributed by atoms with van der Waals surface area (Å²) in [4.78, 5) is 3.23. The van der Waals surface area contributed by atoms with Crippen LogP contribution in [0, 0.1) is 5.82 Å². The normalized spacial score (nSPS) is 13.0. The van der Waals surface area contributed by atoms with E-state index in [0.717, 1.165) is 12.3 Å². The first-order valence-corrected chi connectivity index (χ1v) is 4.51. The number of halogens is 2. The van der Waals surface area contributed by atoms with Gasteiger partial charge in [0.2, 0.25) is 5.88 Å². The maximum absolute atomic E-state index is 12.4. The fraction of sp³-hybridized carbons (Fsp3) is 0. The molecule has 0 fully saturated rings. The molecule has 0 radical (unpaired) electrons. The molecular formula is C5H3ClFNO2S. The topological polar surface area (TPSA) is 56.2 Å². The highest BCUT2D eigenvalue weighted by molar-refractivity contribution is 8.13. The first-order chi connectivity index (χ1) is 5.11. The molecule has 1 heterocycles. The minimum Gasteiger partial charge on any atom is -0.594 e. The highest BCUT2D eigenvalue weighted by Gasteiger charge is 2.12. The van der Waals surface area contributed by atoms with Crippen molar-refractivity contribution >= 4 is 21.1 Å². The van der Waals surface area contributed by atoms with E-state index in [1.54, 1.807) is 0 Å². The highest BCUT2D eigenvalue weighted by Crippen LogP contribution is 2.18. The molecule has 0 aliphatic carbocycles. The van der Waals surface area contributed by atoms with E-state index in [4.69, 9.17) is 15.8 Å². The molecule has 6 heteroatoms. The maximum Gasteiger partial charge on any atom is 0.248 e. The number of hydrogen-bond donors (Lipinski definition) is 1. The SMILES string of the molecule is [O-][S+](Cl)c1cnc(O)c(F)c1. The second-order valence-corrected chi connectivity index (χ2v) is 3.46. The Kier molecular flexibility index (Phi) is 2.53. The largest absolute Gasteiger partial charge is 0.594 e. The number of nitrogens with zero attached hydrogens (tertiary/aromatic N) is 1. The van der Waals surface area contributed by atoms with Gasteiger partial charge in [0.05, 0.1) is 6.20 Å². The van der Waals surface area contributed by atoms with Gasteiger partial charge in [-0.2, -0.15) is 0 Å². The fourth-order valence-electron chi connectivity index (χ4n) is 0.501. The van der Waals surface area contributed by atoms with Crippen LogP contribution in [0.5, 0.6) is 5.88 Å². The van der Waals surface area contributed by atoms with Gasteiger partial charge in [0.25, 0.3) is 0 Å². The summed E-state index contributed by atoms with van der Waals surface area (Å²) in [6, 6.07) is 0.867. The second-order valence-electron chi connectivity index (χ2n) is 1.70. The lowest BCUT2D eigenvalue weighted by Gasteiger charge is -1.98. The van der Waals surface area contributed by atoms with Gasteiger partial charge in [0, 0.05) is 6.07 Å². The van der Waals surface area contributed by atoms with Crippen molar-refractivity contribution in [2.24, 2.45) is 0 Å². The minimum absolute atomic E-state index is 0.0296. The molecule has 1 N–H and O–H groups in total. The lowest BCUT2D eigenvalue weighted by Crippen LogP contribution is -1.93. The Morgan fingerprint density at radius 1 is 1.73 bits per heavy atom. The van der Waals surface area contributed by atoms with E-state index in [0.29, 0.717) is 0 Å². The zero-order valence-corrected chi connectivity index (χ0v) is 6.69. The van der Waals surface area contributed by atoms with Crippen LogP contribution in [-0.4, -0.2) is 14.6 Å². The van der Waals surface area contributed by atoms with Crippen molar-refractivity contribution in [3.8, 4) is 5.88 Å². The Bertz CT molecular complexity index is 271. The standard InChI is InChI=1S/C5H3ClFNO2S/c6-11(10)3-1-4(7)5(9)8-2-3/h1-2H,(H,8,9). The Labute approximate surface area is 69.5 Å². The molecule has 0 saturated carbocycles. The predicted molar refractivity (Wildman–Crippen MR) is 38.1 cm³/mol. The van der Waals surface area contributed by atoms with E-state index in [9.17, 15) is 8.94 Å². The molecule has 0 amide bonds.